The predicted octanol–water partition coefficient (Wildman–Crippen LogP) is 3.42. The fourth-order valence-corrected chi connectivity index (χ4v) is 1.74. The molecule has 0 saturated heterocycles. The zero-order valence-electron chi connectivity index (χ0n) is 8.43. The average molecular weight is 308 g/mol. The van der Waals surface area contributed by atoms with Gasteiger partial charge in [0.1, 0.15) is 11.8 Å². The number of benzene rings is 1. The van der Waals surface area contributed by atoms with E-state index in [1.807, 2.05) is 0 Å². The molecule has 0 bridgehead atoms. The number of nitriles is 1. The van der Waals surface area contributed by atoms with Gasteiger partial charge in [-0.15, -0.1) is 13.2 Å². The lowest BCUT2D eigenvalue weighted by atomic mass is 10.1. The van der Waals surface area contributed by atoms with E-state index >= 15 is 0 Å². The van der Waals surface area contributed by atoms with Crippen LogP contribution < -0.4 is 4.74 Å². The molecule has 1 aromatic rings. The van der Waals surface area contributed by atoms with Gasteiger partial charge in [0.25, 0.3) is 0 Å². The van der Waals surface area contributed by atoms with Gasteiger partial charge in [0.2, 0.25) is 0 Å². The largest absolute Gasteiger partial charge is 0.573 e. The van der Waals surface area contributed by atoms with Crippen LogP contribution in [0.2, 0.25) is 0 Å². The van der Waals surface area contributed by atoms with Crippen molar-refractivity contribution in [3.63, 3.8) is 0 Å². The molecule has 0 amide bonds. The highest BCUT2D eigenvalue weighted by Crippen LogP contribution is 2.31. The summed E-state index contributed by atoms with van der Waals surface area (Å²) in [7, 11) is 0. The molecular formula is C10H5BrF3NO2. The van der Waals surface area contributed by atoms with E-state index < -0.39 is 17.9 Å². The van der Waals surface area contributed by atoms with Gasteiger partial charge in [-0.25, -0.2) is 0 Å². The number of nitrogens with zero attached hydrogens (tertiary/aromatic N) is 1. The molecular weight excluding hydrogens is 303 g/mol. The van der Waals surface area contributed by atoms with Crippen molar-refractivity contribution in [2.24, 2.45) is 0 Å². The van der Waals surface area contributed by atoms with Gasteiger partial charge in [0.15, 0.2) is 5.78 Å². The molecule has 17 heavy (non-hydrogen) atoms. The minimum Gasteiger partial charge on any atom is -0.404 e. The lowest BCUT2D eigenvalue weighted by molar-refractivity contribution is -0.274. The summed E-state index contributed by atoms with van der Waals surface area (Å²) >= 11 is 2.99. The Morgan fingerprint density at radius 3 is 2.47 bits per heavy atom. The van der Waals surface area contributed by atoms with Gasteiger partial charge in [-0.05, 0) is 35.0 Å². The highest BCUT2D eigenvalue weighted by atomic mass is 79.9. The maximum Gasteiger partial charge on any atom is 0.573 e. The summed E-state index contributed by atoms with van der Waals surface area (Å²) < 4.78 is 40.1. The minimum atomic E-state index is -4.91. The van der Waals surface area contributed by atoms with E-state index in [4.69, 9.17) is 5.26 Å². The molecule has 0 saturated carbocycles. The first kappa shape index (κ1) is 13.5. The van der Waals surface area contributed by atoms with E-state index in [9.17, 15) is 18.0 Å². The number of ketones is 1. The van der Waals surface area contributed by atoms with Crippen LogP contribution in [0.5, 0.6) is 5.75 Å². The molecule has 0 spiro atoms. The highest BCUT2D eigenvalue weighted by molar-refractivity contribution is 9.10. The predicted molar refractivity (Wildman–Crippen MR) is 55.5 cm³/mol. The van der Waals surface area contributed by atoms with Crippen molar-refractivity contribution in [1.82, 2.24) is 0 Å². The first-order chi connectivity index (χ1) is 7.74. The van der Waals surface area contributed by atoms with Crippen molar-refractivity contribution >= 4 is 21.7 Å². The summed E-state index contributed by atoms with van der Waals surface area (Å²) in [6, 6.07) is 3.56. The Labute approximate surface area is 103 Å². The molecule has 1 aromatic carbocycles. The Bertz CT molecular complexity index is 505. The van der Waals surface area contributed by atoms with Crippen molar-refractivity contribution in [1.29, 1.82) is 5.26 Å². The standard InChI is InChI=1S/C10H5BrF3NO2/c1-5(16)7-3-9(17-10(12,13)14)6(4-15)2-8(7)11/h2-3H,1H3. The molecule has 90 valence electrons. The number of ether oxygens (including phenoxy) is 1. The topological polar surface area (TPSA) is 50.1 Å². The molecule has 0 N–H and O–H groups in total. The molecule has 3 nitrogen and oxygen atoms in total. The maximum absolute atomic E-state index is 12.1. The van der Waals surface area contributed by atoms with Crippen LogP contribution in [-0.4, -0.2) is 12.1 Å². The number of hydrogen-bond donors (Lipinski definition) is 0. The van der Waals surface area contributed by atoms with Crippen LogP contribution in [0.1, 0.15) is 22.8 Å². The van der Waals surface area contributed by atoms with E-state index in [-0.39, 0.29) is 15.6 Å². The zero-order valence-corrected chi connectivity index (χ0v) is 10.0. The minimum absolute atomic E-state index is 0.0169. The summed E-state index contributed by atoms with van der Waals surface area (Å²) in [5, 5.41) is 8.67. The summed E-state index contributed by atoms with van der Waals surface area (Å²) in [4.78, 5) is 11.1. The Morgan fingerprint density at radius 2 is 2.06 bits per heavy atom. The molecule has 7 heteroatoms. The van der Waals surface area contributed by atoms with Crippen molar-refractivity contribution in [3.05, 3.63) is 27.7 Å². The van der Waals surface area contributed by atoms with Gasteiger partial charge in [0, 0.05) is 10.0 Å². The molecule has 0 aliphatic heterocycles. The molecule has 0 aliphatic rings. The lowest BCUT2D eigenvalue weighted by Crippen LogP contribution is -2.18. The lowest BCUT2D eigenvalue weighted by Gasteiger charge is -2.12. The van der Waals surface area contributed by atoms with Crippen LogP contribution >= 0.6 is 15.9 Å². The number of alkyl halides is 3. The van der Waals surface area contributed by atoms with Gasteiger partial charge in [-0.2, -0.15) is 5.26 Å². The summed E-state index contributed by atoms with van der Waals surface area (Å²) in [5.41, 5.74) is -0.289. The average Bonchev–Trinajstić information content (AvgIpc) is 2.17. The first-order valence-corrected chi connectivity index (χ1v) is 5.04. The summed E-state index contributed by atoms with van der Waals surface area (Å²) in [5.74, 6) is -1.12. The molecule has 0 aromatic heterocycles. The van der Waals surface area contributed by atoms with Crippen LogP contribution in [0, 0.1) is 11.3 Å². The van der Waals surface area contributed by atoms with Crippen molar-refractivity contribution in [2.45, 2.75) is 13.3 Å². The fourth-order valence-electron chi connectivity index (χ4n) is 1.12. The number of carbonyl (C=O) groups excluding carboxylic acids is 1. The Balaban J connectivity index is 3.33. The normalized spacial score (nSPS) is 10.8. The molecule has 0 heterocycles. The van der Waals surface area contributed by atoms with Crippen LogP contribution in [-0.2, 0) is 0 Å². The third kappa shape index (κ3) is 3.46. The SMILES string of the molecule is CC(=O)c1cc(OC(F)(F)F)c(C#N)cc1Br. The zero-order chi connectivity index (χ0) is 13.2. The quantitative estimate of drug-likeness (QED) is 0.787. The fraction of sp³-hybridized carbons (Fsp3) is 0.200. The van der Waals surface area contributed by atoms with Gasteiger partial charge >= 0.3 is 6.36 Å². The maximum atomic E-state index is 12.1. The van der Waals surface area contributed by atoms with Crippen molar-refractivity contribution < 1.29 is 22.7 Å². The summed E-state index contributed by atoms with van der Waals surface area (Å²) in [6.07, 6.45) is -4.91. The third-order valence-electron chi connectivity index (χ3n) is 1.79. The van der Waals surface area contributed by atoms with E-state index in [0.717, 1.165) is 12.1 Å². The molecule has 1 rings (SSSR count). The number of Topliss-reactive ketones (excluding diaryl/α,β-unsaturated/α-hetero) is 1. The monoisotopic (exact) mass is 307 g/mol. The third-order valence-corrected chi connectivity index (χ3v) is 2.45. The summed E-state index contributed by atoms with van der Waals surface area (Å²) in [6.45, 7) is 1.20. The second-order valence-electron chi connectivity index (χ2n) is 3.04. The van der Waals surface area contributed by atoms with Gasteiger partial charge in [-0.1, -0.05) is 0 Å². The molecule has 0 fully saturated rings. The van der Waals surface area contributed by atoms with E-state index in [0.29, 0.717) is 0 Å². The van der Waals surface area contributed by atoms with Crippen LogP contribution in [0.3, 0.4) is 0 Å². The smallest absolute Gasteiger partial charge is 0.404 e. The first-order valence-electron chi connectivity index (χ1n) is 4.25. The Kier molecular flexibility index (Phi) is 3.78. The van der Waals surface area contributed by atoms with Crippen molar-refractivity contribution in [3.8, 4) is 11.8 Å². The Morgan fingerprint density at radius 1 is 1.47 bits per heavy atom. The second-order valence-corrected chi connectivity index (χ2v) is 3.90. The second kappa shape index (κ2) is 4.75. The highest BCUT2D eigenvalue weighted by Gasteiger charge is 2.32. The number of rotatable bonds is 2. The van der Waals surface area contributed by atoms with E-state index in [1.165, 1.54) is 6.92 Å². The number of hydrogen-bond acceptors (Lipinski definition) is 3. The van der Waals surface area contributed by atoms with Crippen molar-refractivity contribution in [2.75, 3.05) is 0 Å². The van der Waals surface area contributed by atoms with E-state index in [1.54, 1.807) is 6.07 Å². The van der Waals surface area contributed by atoms with Gasteiger partial charge < -0.3 is 4.74 Å². The van der Waals surface area contributed by atoms with Gasteiger partial charge in [-0.3, -0.25) is 4.79 Å². The Hall–Kier alpha value is -1.55. The number of carbonyl (C=O) groups is 1. The van der Waals surface area contributed by atoms with Crippen LogP contribution in [0.4, 0.5) is 13.2 Å². The molecule has 0 unspecified atom stereocenters. The van der Waals surface area contributed by atoms with Gasteiger partial charge in [0.05, 0.1) is 5.56 Å². The molecule has 0 atom stereocenters. The number of halogens is 4. The van der Waals surface area contributed by atoms with Crippen LogP contribution in [0.25, 0.3) is 0 Å². The molecule has 0 radical (unpaired) electrons. The van der Waals surface area contributed by atoms with Crippen LogP contribution in [0.15, 0.2) is 16.6 Å². The molecule has 0 aliphatic carbocycles. The van der Waals surface area contributed by atoms with E-state index in [2.05, 4.69) is 20.7 Å².